The Labute approximate surface area is 53.6 Å². The maximum Gasteiger partial charge on any atom is 0.171 e. The maximum atomic E-state index is 10.7. The van der Waals surface area contributed by atoms with Crippen molar-refractivity contribution in [3.63, 3.8) is 0 Å². The van der Waals surface area contributed by atoms with Gasteiger partial charge in [0, 0.05) is 11.8 Å². The highest BCUT2D eigenvalue weighted by atomic mass is 32.2. The first kappa shape index (κ1) is 6.28. The Hall–Kier alpha value is -0.840. The molecule has 0 fully saturated rings. The molecule has 50 valence electrons. The van der Waals surface area contributed by atoms with Crippen molar-refractivity contribution >= 4 is 15.8 Å². The second-order valence-corrected chi connectivity index (χ2v) is 3.32. The van der Waals surface area contributed by atoms with Crippen LogP contribution in [0.25, 0.3) is 0 Å². The van der Waals surface area contributed by atoms with Crippen LogP contribution in [0.1, 0.15) is 6.42 Å². The third-order valence-electron chi connectivity index (χ3n) is 0.861. The fourth-order valence-electron chi connectivity index (χ4n) is 0.541. The van der Waals surface area contributed by atoms with Crippen LogP contribution in [0.2, 0.25) is 0 Å². The van der Waals surface area contributed by atoms with Gasteiger partial charge in [0.25, 0.3) is 0 Å². The van der Waals surface area contributed by atoms with Gasteiger partial charge in [-0.1, -0.05) is 6.08 Å². The molecule has 9 heavy (non-hydrogen) atoms. The summed E-state index contributed by atoms with van der Waals surface area (Å²) < 4.78 is 21.1. The summed E-state index contributed by atoms with van der Waals surface area (Å²) in [6, 6.07) is 0. The molecular formula is C4H7N3OS. The van der Waals surface area contributed by atoms with Gasteiger partial charge in [-0.2, -0.15) is 4.40 Å². The van der Waals surface area contributed by atoms with E-state index in [1.807, 2.05) is 0 Å². The zero-order chi connectivity index (χ0) is 6.91. The summed E-state index contributed by atoms with van der Waals surface area (Å²) in [7, 11) is -2.85. The van der Waals surface area contributed by atoms with Gasteiger partial charge < -0.3 is 5.73 Å². The van der Waals surface area contributed by atoms with E-state index in [0.29, 0.717) is 6.42 Å². The topological polar surface area (TPSA) is 79.3 Å². The molecule has 5 heteroatoms. The quantitative estimate of drug-likeness (QED) is 0.511. The van der Waals surface area contributed by atoms with E-state index in [4.69, 9.17) is 10.5 Å². The van der Waals surface area contributed by atoms with Crippen molar-refractivity contribution in [1.29, 1.82) is 4.78 Å². The maximum absolute atomic E-state index is 10.7. The number of nitrogens with two attached hydrogens (primary N) is 1. The minimum absolute atomic E-state index is 0.275. The lowest BCUT2D eigenvalue weighted by Gasteiger charge is -2.01. The molecule has 0 saturated heterocycles. The molecule has 0 aromatic rings. The van der Waals surface area contributed by atoms with E-state index < -0.39 is 9.92 Å². The summed E-state index contributed by atoms with van der Waals surface area (Å²) in [5.41, 5.74) is 5.21. The lowest BCUT2D eigenvalue weighted by atomic mass is 10.4. The highest BCUT2D eigenvalue weighted by Gasteiger charge is 2.03. The second kappa shape index (κ2) is 1.84. The van der Waals surface area contributed by atoms with Crippen molar-refractivity contribution < 1.29 is 4.21 Å². The Balaban J connectivity index is 3.06. The number of nitrogens with one attached hydrogen (secondary N) is 1. The SMILES string of the molecule is N=S1(=O)C=CCC(N)=N1. The molecule has 0 amide bonds. The highest BCUT2D eigenvalue weighted by molar-refractivity contribution is 7.94. The lowest BCUT2D eigenvalue weighted by Crippen LogP contribution is -2.14. The average molecular weight is 145 g/mol. The van der Waals surface area contributed by atoms with Crippen molar-refractivity contribution in [2.75, 3.05) is 0 Å². The minimum Gasteiger partial charge on any atom is -0.386 e. The molecule has 1 atom stereocenters. The van der Waals surface area contributed by atoms with Crippen LogP contribution in [0.15, 0.2) is 15.9 Å². The molecule has 0 radical (unpaired) electrons. The van der Waals surface area contributed by atoms with E-state index in [9.17, 15) is 4.21 Å². The first-order chi connectivity index (χ1) is 4.10. The van der Waals surface area contributed by atoms with Crippen LogP contribution in [0, 0.1) is 4.78 Å². The summed E-state index contributed by atoms with van der Waals surface area (Å²) in [4.78, 5) is 0. The van der Waals surface area contributed by atoms with Crippen molar-refractivity contribution in [2.24, 2.45) is 10.1 Å². The Kier molecular flexibility index (Phi) is 1.28. The normalized spacial score (nSPS) is 34.0. The highest BCUT2D eigenvalue weighted by Crippen LogP contribution is 2.03. The molecule has 0 aromatic carbocycles. The third-order valence-corrected chi connectivity index (χ3v) is 1.93. The van der Waals surface area contributed by atoms with Crippen molar-refractivity contribution in [3.8, 4) is 0 Å². The summed E-state index contributed by atoms with van der Waals surface area (Å²) in [6.45, 7) is 0. The molecule has 0 aliphatic carbocycles. The lowest BCUT2D eigenvalue weighted by molar-refractivity contribution is 0.681. The van der Waals surface area contributed by atoms with Gasteiger partial charge in [0.2, 0.25) is 0 Å². The van der Waals surface area contributed by atoms with E-state index in [1.165, 1.54) is 5.41 Å². The number of hydrogen-bond donors (Lipinski definition) is 2. The van der Waals surface area contributed by atoms with Gasteiger partial charge >= 0.3 is 0 Å². The second-order valence-electron chi connectivity index (χ2n) is 1.73. The Morgan fingerprint density at radius 1 is 1.89 bits per heavy atom. The molecule has 0 saturated carbocycles. The Morgan fingerprint density at radius 2 is 2.56 bits per heavy atom. The summed E-state index contributed by atoms with van der Waals surface area (Å²) >= 11 is 0. The predicted molar refractivity (Wildman–Crippen MR) is 36.2 cm³/mol. The van der Waals surface area contributed by atoms with Crippen LogP contribution in [0.4, 0.5) is 0 Å². The van der Waals surface area contributed by atoms with Gasteiger partial charge in [0.15, 0.2) is 9.92 Å². The number of hydrogen-bond acceptors (Lipinski definition) is 3. The summed E-state index contributed by atoms with van der Waals surface area (Å²) in [5.74, 6) is 0.275. The monoisotopic (exact) mass is 145 g/mol. The van der Waals surface area contributed by atoms with Gasteiger partial charge in [0.1, 0.15) is 5.84 Å². The van der Waals surface area contributed by atoms with E-state index in [0.717, 1.165) is 0 Å². The summed E-state index contributed by atoms with van der Waals surface area (Å²) in [6.07, 6.45) is 2.10. The van der Waals surface area contributed by atoms with Crippen LogP contribution >= 0.6 is 0 Å². The molecule has 1 unspecified atom stereocenters. The smallest absolute Gasteiger partial charge is 0.171 e. The zero-order valence-electron chi connectivity index (χ0n) is 4.70. The largest absolute Gasteiger partial charge is 0.386 e. The first-order valence-electron chi connectivity index (χ1n) is 2.40. The molecule has 1 rings (SSSR count). The molecule has 3 N–H and O–H groups in total. The van der Waals surface area contributed by atoms with Crippen LogP contribution in [0.3, 0.4) is 0 Å². The zero-order valence-corrected chi connectivity index (χ0v) is 5.52. The molecule has 4 nitrogen and oxygen atoms in total. The van der Waals surface area contributed by atoms with Crippen LogP contribution in [0.5, 0.6) is 0 Å². The van der Waals surface area contributed by atoms with E-state index in [-0.39, 0.29) is 5.84 Å². The standard InChI is InChI=1S/C4H7N3OS/c5-4-2-1-3-9(6,8)7-4/h1,3H,2H2,(H3,5,6,7,8). The van der Waals surface area contributed by atoms with Gasteiger partial charge in [-0.3, -0.25) is 0 Å². The van der Waals surface area contributed by atoms with Gasteiger partial charge in [-0.05, 0) is 0 Å². The number of rotatable bonds is 0. The minimum atomic E-state index is -2.85. The molecule has 0 aromatic heterocycles. The average Bonchev–Trinajstić information content (AvgIpc) is 1.60. The molecule has 1 aliphatic rings. The van der Waals surface area contributed by atoms with Crippen molar-refractivity contribution in [1.82, 2.24) is 0 Å². The fraction of sp³-hybridized carbons (Fsp3) is 0.250. The molecule has 0 bridgehead atoms. The first-order valence-corrected chi connectivity index (χ1v) is 3.97. The van der Waals surface area contributed by atoms with E-state index in [1.54, 1.807) is 6.08 Å². The van der Waals surface area contributed by atoms with E-state index >= 15 is 0 Å². The van der Waals surface area contributed by atoms with Gasteiger partial charge in [-0.25, -0.2) is 8.99 Å². The molecule has 1 heterocycles. The number of nitrogens with zero attached hydrogens (tertiary/aromatic N) is 1. The molecule has 1 aliphatic heterocycles. The molecular weight excluding hydrogens is 138 g/mol. The Bertz CT molecular complexity index is 262. The Morgan fingerprint density at radius 3 is 2.89 bits per heavy atom. The van der Waals surface area contributed by atoms with Crippen molar-refractivity contribution in [3.05, 3.63) is 11.5 Å². The van der Waals surface area contributed by atoms with Crippen LogP contribution < -0.4 is 5.73 Å². The van der Waals surface area contributed by atoms with Crippen LogP contribution in [-0.4, -0.2) is 10.0 Å². The van der Waals surface area contributed by atoms with Crippen molar-refractivity contribution in [2.45, 2.75) is 6.42 Å². The molecule has 0 spiro atoms. The van der Waals surface area contributed by atoms with Gasteiger partial charge in [0.05, 0.1) is 0 Å². The van der Waals surface area contributed by atoms with Crippen LogP contribution in [-0.2, 0) is 9.92 Å². The number of amidine groups is 1. The summed E-state index contributed by atoms with van der Waals surface area (Å²) in [5, 5.41) is 1.27. The predicted octanol–water partition coefficient (Wildman–Crippen LogP) is 0.223. The van der Waals surface area contributed by atoms with Gasteiger partial charge in [-0.15, -0.1) is 0 Å². The third kappa shape index (κ3) is 1.53. The van der Waals surface area contributed by atoms with E-state index in [2.05, 4.69) is 4.40 Å². The fourth-order valence-corrected chi connectivity index (χ4v) is 1.38.